The van der Waals surface area contributed by atoms with Crippen LogP contribution in [0.3, 0.4) is 0 Å². The molecule has 2 aromatic heterocycles. The highest BCUT2D eigenvalue weighted by Gasteiger charge is 2.18. The highest BCUT2D eigenvalue weighted by Crippen LogP contribution is 2.34. The molecule has 4 rings (SSSR count). The van der Waals surface area contributed by atoms with Crippen molar-refractivity contribution in [2.24, 2.45) is 0 Å². The van der Waals surface area contributed by atoms with Crippen molar-refractivity contribution in [3.8, 4) is 5.69 Å². The number of aryl methyl sites for hydroxylation is 1. The van der Waals surface area contributed by atoms with E-state index in [4.69, 9.17) is 11.6 Å². The zero-order chi connectivity index (χ0) is 19.1. The number of fused-ring (bicyclic) bond motifs is 1. The summed E-state index contributed by atoms with van der Waals surface area (Å²) in [6.45, 7) is 6.02. The molecular weight excluding hydrogens is 363 g/mol. The van der Waals surface area contributed by atoms with Crippen LogP contribution in [0.5, 0.6) is 0 Å². The van der Waals surface area contributed by atoms with Crippen molar-refractivity contribution in [3.05, 3.63) is 76.5 Å². The molecule has 0 saturated carbocycles. The van der Waals surface area contributed by atoms with Gasteiger partial charge in [0.2, 0.25) is 0 Å². The third kappa shape index (κ3) is 2.94. The zero-order valence-electron chi connectivity index (χ0n) is 15.2. The Bertz CT molecular complexity index is 1150. The molecule has 0 radical (unpaired) electrons. The number of nitrogens with one attached hydrogen (secondary N) is 1. The molecule has 2 heterocycles. The predicted molar refractivity (Wildman–Crippen MR) is 108 cm³/mol. The van der Waals surface area contributed by atoms with E-state index in [0.717, 1.165) is 39.2 Å². The molecule has 6 heteroatoms. The topological polar surface area (TPSA) is 42.7 Å². The lowest BCUT2D eigenvalue weighted by atomic mass is 10.1. The molecule has 27 heavy (non-hydrogen) atoms. The molecule has 2 aromatic carbocycles. The summed E-state index contributed by atoms with van der Waals surface area (Å²) in [5.74, 6) is 0.449. The number of benzene rings is 2. The number of hydrogen-bond donors (Lipinski definition) is 1. The molecular formula is C21H18ClFN4. The van der Waals surface area contributed by atoms with Crippen LogP contribution in [-0.4, -0.2) is 14.5 Å². The Hall–Kier alpha value is -2.92. The van der Waals surface area contributed by atoms with Gasteiger partial charge in [-0.25, -0.2) is 14.4 Å². The normalized spacial score (nSPS) is 11.1. The zero-order valence-corrected chi connectivity index (χ0v) is 16.0. The van der Waals surface area contributed by atoms with E-state index in [2.05, 4.69) is 15.3 Å². The lowest BCUT2D eigenvalue weighted by Gasteiger charge is -2.11. The van der Waals surface area contributed by atoms with Gasteiger partial charge in [0, 0.05) is 22.1 Å². The number of hydrogen-bond acceptors (Lipinski definition) is 3. The van der Waals surface area contributed by atoms with Gasteiger partial charge >= 0.3 is 0 Å². The molecule has 0 aliphatic carbocycles. The maximum atomic E-state index is 13.3. The highest BCUT2D eigenvalue weighted by atomic mass is 35.5. The van der Waals surface area contributed by atoms with Crippen LogP contribution in [-0.2, 0) is 0 Å². The third-order valence-corrected chi connectivity index (χ3v) is 5.31. The minimum Gasteiger partial charge on any atom is -0.339 e. The van der Waals surface area contributed by atoms with Crippen molar-refractivity contribution in [2.75, 3.05) is 5.32 Å². The average molecular weight is 381 g/mol. The fourth-order valence-corrected chi connectivity index (χ4v) is 3.44. The lowest BCUT2D eigenvalue weighted by Crippen LogP contribution is -2.00. The van der Waals surface area contributed by atoms with Crippen LogP contribution in [0.25, 0.3) is 16.7 Å². The second-order valence-electron chi connectivity index (χ2n) is 6.48. The van der Waals surface area contributed by atoms with Gasteiger partial charge in [-0.05, 0) is 68.3 Å². The van der Waals surface area contributed by atoms with Crippen molar-refractivity contribution >= 4 is 34.1 Å². The maximum Gasteiger partial charge on any atom is 0.150 e. The van der Waals surface area contributed by atoms with Crippen molar-refractivity contribution in [2.45, 2.75) is 20.8 Å². The highest BCUT2D eigenvalue weighted by molar-refractivity contribution is 6.31. The smallest absolute Gasteiger partial charge is 0.150 e. The Morgan fingerprint density at radius 2 is 1.70 bits per heavy atom. The van der Waals surface area contributed by atoms with E-state index in [1.807, 2.05) is 43.5 Å². The summed E-state index contributed by atoms with van der Waals surface area (Å²) in [6.07, 6.45) is 1.53. The predicted octanol–water partition coefficient (Wildman–Crippen LogP) is 5.88. The molecule has 0 bridgehead atoms. The summed E-state index contributed by atoms with van der Waals surface area (Å²) in [6, 6.07) is 12.1. The molecule has 0 saturated heterocycles. The Labute approximate surface area is 161 Å². The van der Waals surface area contributed by atoms with Gasteiger partial charge in [-0.3, -0.25) is 4.57 Å². The quantitative estimate of drug-likeness (QED) is 0.482. The van der Waals surface area contributed by atoms with Crippen LogP contribution in [0.15, 0.2) is 48.8 Å². The molecule has 4 aromatic rings. The molecule has 0 atom stereocenters. The first-order valence-electron chi connectivity index (χ1n) is 8.58. The van der Waals surface area contributed by atoms with Gasteiger partial charge in [0.05, 0.1) is 5.39 Å². The van der Waals surface area contributed by atoms with E-state index < -0.39 is 0 Å². The summed E-state index contributed by atoms with van der Waals surface area (Å²) in [5.41, 5.74) is 5.58. The van der Waals surface area contributed by atoms with E-state index in [0.29, 0.717) is 10.8 Å². The monoisotopic (exact) mass is 380 g/mol. The summed E-state index contributed by atoms with van der Waals surface area (Å²) in [4.78, 5) is 8.95. The van der Waals surface area contributed by atoms with Crippen LogP contribution in [0, 0.1) is 26.6 Å². The fourth-order valence-electron chi connectivity index (χ4n) is 3.27. The average Bonchev–Trinajstić information content (AvgIpc) is 2.92. The Morgan fingerprint density at radius 3 is 2.44 bits per heavy atom. The van der Waals surface area contributed by atoms with E-state index in [1.54, 1.807) is 12.1 Å². The van der Waals surface area contributed by atoms with E-state index >= 15 is 0 Å². The Morgan fingerprint density at radius 1 is 0.963 bits per heavy atom. The van der Waals surface area contributed by atoms with Gasteiger partial charge in [0.25, 0.3) is 0 Å². The van der Waals surface area contributed by atoms with E-state index in [9.17, 15) is 4.39 Å². The van der Waals surface area contributed by atoms with Gasteiger partial charge in [0.1, 0.15) is 18.0 Å². The van der Waals surface area contributed by atoms with Gasteiger partial charge < -0.3 is 5.32 Å². The van der Waals surface area contributed by atoms with Crippen molar-refractivity contribution in [3.63, 3.8) is 0 Å². The molecule has 0 aliphatic heterocycles. The molecule has 0 fully saturated rings. The first-order valence-corrected chi connectivity index (χ1v) is 8.96. The van der Waals surface area contributed by atoms with Crippen molar-refractivity contribution in [1.29, 1.82) is 0 Å². The standard InChI is InChI=1S/C21H18ClFN4/c1-12-14(3)27(16-9-7-15(23)8-10-16)21-19(12)20(24-11-25-21)26-18-6-4-5-17(22)13(18)2/h4-11H,1-3H3,(H,24,25,26). The van der Waals surface area contributed by atoms with E-state index in [1.165, 1.54) is 18.5 Å². The van der Waals surface area contributed by atoms with Crippen LogP contribution in [0.4, 0.5) is 15.9 Å². The van der Waals surface area contributed by atoms with Crippen LogP contribution < -0.4 is 5.32 Å². The first-order chi connectivity index (χ1) is 13.0. The summed E-state index contributed by atoms with van der Waals surface area (Å²) >= 11 is 6.24. The van der Waals surface area contributed by atoms with Crippen LogP contribution in [0.1, 0.15) is 16.8 Å². The molecule has 136 valence electrons. The number of rotatable bonds is 3. The molecule has 0 unspecified atom stereocenters. The molecule has 0 spiro atoms. The number of nitrogens with zero attached hydrogens (tertiary/aromatic N) is 3. The molecule has 0 amide bonds. The summed E-state index contributed by atoms with van der Waals surface area (Å²) in [5, 5.41) is 5.01. The second-order valence-corrected chi connectivity index (χ2v) is 6.89. The fraction of sp³-hybridized carbons (Fsp3) is 0.143. The van der Waals surface area contributed by atoms with Gasteiger partial charge in [-0.15, -0.1) is 0 Å². The number of halogens is 2. The van der Waals surface area contributed by atoms with Gasteiger partial charge in [-0.1, -0.05) is 17.7 Å². The summed E-state index contributed by atoms with van der Waals surface area (Å²) in [7, 11) is 0. The van der Waals surface area contributed by atoms with Crippen molar-refractivity contribution in [1.82, 2.24) is 14.5 Å². The van der Waals surface area contributed by atoms with E-state index in [-0.39, 0.29) is 5.82 Å². The number of anilines is 2. The minimum atomic E-state index is -0.266. The molecule has 0 aliphatic rings. The van der Waals surface area contributed by atoms with Crippen molar-refractivity contribution < 1.29 is 4.39 Å². The third-order valence-electron chi connectivity index (χ3n) is 4.90. The summed E-state index contributed by atoms with van der Waals surface area (Å²) < 4.78 is 15.4. The minimum absolute atomic E-state index is 0.266. The first kappa shape index (κ1) is 17.5. The molecule has 4 nitrogen and oxygen atoms in total. The maximum absolute atomic E-state index is 13.3. The second kappa shape index (κ2) is 6.67. The van der Waals surface area contributed by atoms with Crippen LogP contribution in [0.2, 0.25) is 5.02 Å². The Balaban J connectivity index is 1.90. The SMILES string of the molecule is Cc1c(Cl)cccc1Nc1ncnc2c1c(C)c(C)n2-c1ccc(F)cc1. The van der Waals surface area contributed by atoms with Gasteiger partial charge in [0.15, 0.2) is 5.65 Å². The lowest BCUT2D eigenvalue weighted by molar-refractivity contribution is 0.627. The van der Waals surface area contributed by atoms with Crippen LogP contribution >= 0.6 is 11.6 Å². The largest absolute Gasteiger partial charge is 0.339 e. The van der Waals surface area contributed by atoms with Gasteiger partial charge in [-0.2, -0.15) is 0 Å². The Kier molecular flexibility index (Phi) is 4.32. The molecule has 1 N–H and O–H groups in total. The number of aromatic nitrogens is 3.